The van der Waals surface area contributed by atoms with Gasteiger partial charge in [0.25, 0.3) is 0 Å². The van der Waals surface area contributed by atoms with Crippen LogP contribution in [0, 0.1) is 0 Å². The molecule has 0 fully saturated rings. The molecular weight excluding hydrogens is 266 g/mol. The lowest BCUT2D eigenvalue weighted by Crippen LogP contribution is -2.30. The van der Waals surface area contributed by atoms with Crippen LogP contribution < -0.4 is 19.1 Å². The number of fused-ring (bicyclic) bond motifs is 2. The smallest absolute Gasteiger partial charge is 0.216 e. The van der Waals surface area contributed by atoms with Gasteiger partial charge in [-0.2, -0.15) is 4.57 Å². The monoisotopic (exact) mass is 281 g/mol. The van der Waals surface area contributed by atoms with Crippen molar-refractivity contribution >= 4 is 21.7 Å². The van der Waals surface area contributed by atoms with Gasteiger partial charge in [-0.1, -0.05) is 12.1 Å². The Balaban J connectivity index is 2.19. The fourth-order valence-electron chi connectivity index (χ4n) is 3.28. The lowest BCUT2D eigenvalue weighted by Gasteiger charge is -2.11. The van der Waals surface area contributed by atoms with E-state index in [1.807, 2.05) is 12.1 Å². The second-order valence-electron chi connectivity index (χ2n) is 5.35. The van der Waals surface area contributed by atoms with Crippen LogP contribution in [0.15, 0.2) is 30.5 Å². The number of ether oxygens (including phenoxy) is 2. The van der Waals surface area contributed by atoms with Crippen LogP contribution in [0.5, 0.6) is 17.2 Å². The first-order valence-electron chi connectivity index (χ1n) is 6.93. The molecule has 4 heteroatoms. The van der Waals surface area contributed by atoms with Crippen molar-refractivity contribution in [1.82, 2.24) is 0 Å². The first-order chi connectivity index (χ1) is 10.2. The molecule has 1 aliphatic rings. The van der Waals surface area contributed by atoms with Crippen LogP contribution >= 0.6 is 0 Å². The molecule has 0 amide bonds. The molecule has 1 aromatic heterocycles. The maximum absolute atomic E-state index is 11.9. The van der Waals surface area contributed by atoms with Gasteiger partial charge in [0.15, 0.2) is 24.2 Å². The molecule has 4 rings (SSSR count). The molecule has 0 radical (unpaired) electrons. The lowest BCUT2D eigenvalue weighted by molar-refractivity contribution is -0.662. The summed E-state index contributed by atoms with van der Waals surface area (Å²) in [7, 11) is 3.25. The highest BCUT2D eigenvalue weighted by Crippen LogP contribution is 2.37. The van der Waals surface area contributed by atoms with Gasteiger partial charge in [-0.05, 0) is 12.1 Å². The van der Waals surface area contributed by atoms with Gasteiger partial charge in [-0.15, -0.1) is 5.75 Å². The van der Waals surface area contributed by atoms with Crippen LogP contribution in [0.2, 0.25) is 0 Å². The number of hydrogen-bond donors (Lipinski definition) is 0. The number of rotatable bonds is 2. The number of benzene rings is 2. The highest BCUT2D eigenvalue weighted by Gasteiger charge is 2.24. The molecule has 1 aliphatic heterocycles. The summed E-state index contributed by atoms with van der Waals surface area (Å²) in [6, 6.07) is 7.38. The third-order valence-electron chi connectivity index (χ3n) is 4.21. The molecule has 0 aliphatic carbocycles. The molecule has 0 unspecified atom stereocenters. The maximum Gasteiger partial charge on any atom is 0.216 e. The van der Waals surface area contributed by atoms with Crippen molar-refractivity contribution < 1.29 is 19.1 Å². The number of methoxy groups -OCH3 is 2. The summed E-state index contributed by atoms with van der Waals surface area (Å²) in [5, 5.41) is 15.0. The van der Waals surface area contributed by atoms with Crippen LogP contribution in [0.25, 0.3) is 21.7 Å². The number of aromatic nitrogens is 1. The van der Waals surface area contributed by atoms with Crippen molar-refractivity contribution in [2.75, 3.05) is 14.2 Å². The lowest BCUT2D eigenvalue weighted by atomic mass is 10.0. The second-order valence-corrected chi connectivity index (χ2v) is 5.35. The largest absolute Gasteiger partial charge is 0.872 e. The Bertz CT molecular complexity index is 886. The van der Waals surface area contributed by atoms with Gasteiger partial charge in [-0.3, -0.25) is 0 Å². The normalized spacial score (nSPS) is 13.0. The fourth-order valence-corrected chi connectivity index (χ4v) is 3.28. The minimum atomic E-state index is 0.0632. The van der Waals surface area contributed by atoms with E-state index >= 15 is 0 Å². The minimum Gasteiger partial charge on any atom is -0.872 e. The zero-order chi connectivity index (χ0) is 14.6. The summed E-state index contributed by atoms with van der Waals surface area (Å²) in [6.45, 7) is 0.916. The number of hydrogen-bond acceptors (Lipinski definition) is 3. The second kappa shape index (κ2) is 4.25. The molecule has 0 atom stereocenters. The quantitative estimate of drug-likeness (QED) is 0.532. The predicted octanol–water partition coefficient (Wildman–Crippen LogP) is 1.93. The van der Waals surface area contributed by atoms with E-state index < -0.39 is 0 Å². The zero-order valence-corrected chi connectivity index (χ0v) is 12.0. The van der Waals surface area contributed by atoms with Gasteiger partial charge in [-0.25, -0.2) is 0 Å². The Kier molecular flexibility index (Phi) is 2.48. The minimum absolute atomic E-state index is 0.0632. The standard InChI is InChI=1S/C17H15NO3/c1-20-15-6-11-9-18-4-3-10-5-12(19)7-14(17(10)18)13(11)8-16(15)21-2/h5-9H,3-4H2,1-2H3. The van der Waals surface area contributed by atoms with Gasteiger partial charge >= 0.3 is 0 Å². The van der Waals surface area contributed by atoms with Crippen LogP contribution in [-0.2, 0) is 13.0 Å². The van der Waals surface area contributed by atoms with Crippen molar-refractivity contribution in [2.45, 2.75) is 13.0 Å². The third kappa shape index (κ3) is 1.65. The summed E-state index contributed by atoms with van der Waals surface area (Å²) >= 11 is 0. The van der Waals surface area contributed by atoms with Gasteiger partial charge in [0.1, 0.15) is 0 Å². The van der Waals surface area contributed by atoms with E-state index in [2.05, 4.69) is 10.8 Å². The molecule has 0 bridgehead atoms. The zero-order valence-electron chi connectivity index (χ0n) is 12.0. The highest BCUT2D eigenvalue weighted by atomic mass is 16.5. The average molecular weight is 281 g/mol. The molecule has 0 spiro atoms. The van der Waals surface area contributed by atoms with Crippen molar-refractivity contribution in [1.29, 1.82) is 0 Å². The number of nitrogens with zero attached hydrogens (tertiary/aromatic N) is 1. The Morgan fingerprint density at radius 1 is 1.00 bits per heavy atom. The van der Waals surface area contributed by atoms with E-state index in [4.69, 9.17) is 9.47 Å². The van der Waals surface area contributed by atoms with E-state index in [0.29, 0.717) is 11.5 Å². The number of pyridine rings is 1. The Morgan fingerprint density at radius 2 is 1.76 bits per heavy atom. The van der Waals surface area contributed by atoms with E-state index in [9.17, 15) is 5.11 Å². The van der Waals surface area contributed by atoms with Crippen molar-refractivity contribution in [3.05, 3.63) is 36.0 Å². The summed E-state index contributed by atoms with van der Waals surface area (Å²) in [4.78, 5) is 0. The summed E-state index contributed by atoms with van der Waals surface area (Å²) in [5.41, 5.74) is 2.29. The van der Waals surface area contributed by atoms with E-state index in [1.165, 1.54) is 0 Å². The first kappa shape index (κ1) is 12.3. The Labute approximate surface area is 122 Å². The molecule has 4 nitrogen and oxygen atoms in total. The van der Waals surface area contributed by atoms with Crippen LogP contribution in [0.4, 0.5) is 0 Å². The van der Waals surface area contributed by atoms with Crippen molar-refractivity contribution in [3.8, 4) is 17.2 Å². The first-order valence-corrected chi connectivity index (χ1v) is 6.93. The molecular formula is C17H15NO3. The third-order valence-corrected chi connectivity index (χ3v) is 4.21. The average Bonchev–Trinajstić information content (AvgIpc) is 2.89. The summed E-state index contributed by atoms with van der Waals surface area (Å²) in [5.74, 6) is 1.45. The van der Waals surface area contributed by atoms with Crippen LogP contribution in [0.3, 0.4) is 0 Å². The van der Waals surface area contributed by atoms with E-state index in [0.717, 1.165) is 40.2 Å². The van der Waals surface area contributed by atoms with Gasteiger partial charge in [0, 0.05) is 17.4 Å². The highest BCUT2D eigenvalue weighted by molar-refractivity contribution is 6.06. The SMILES string of the molecule is COc1cc2c[n+]3c4c(cc([O-])cc4c2cc1OC)CC3. The molecule has 3 aromatic rings. The van der Waals surface area contributed by atoms with Crippen LogP contribution in [-0.4, -0.2) is 14.2 Å². The van der Waals surface area contributed by atoms with Gasteiger partial charge < -0.3 is 14.6 Å². The molecule has 21 heavy (non-hydrogen) atoms. The van der Waals surface area contributed by atoms with Crippen molar-refractivity contribution in [3.63, 3.8) is 0 Å². The molecule has 106 valence electrons. The topological polar surface area (TPSA) is 45.4 Å². The number of aryl methyl sites for hydroxylation is 2. The van der Waals surface area contributed by atoms with Crippen LogP contribution in [0.1, 0.15) is 5.56 Å². The molecule has 0 saturated heterocycles. The van der Waals surface area contributed by atoms with E-state index in [1.54, 1.807) is 26.4 Å². The fraction of sp³-hybridized carbons (Fsp3) is 0.235. The molecule has 2 aromatic carbocycles. The molecule has 0 N–H and O–H groups in total. The summed E-state index contributed by atoms with van der Waals surface area (Å²) in [6.07, 6.45) is 3.04. The van der Waals surface area contributed by atoms with Gasteiger partial charge in [0.05, 0.1) is 25.0 Å². The Hall–Kier alpha value is -2.49. The Morgan fingerprint density at radius 3 is 2.52 bits per heavy atom. The predicted molar refractivity (Wildman–Crippen MR) is 77.9 cm³/mol. The maximum atomic E-state index is 11.9. The molecule has 0 saturated carbocycles. The molecule has 2 heterocycles. The summed E-state index contributed by atoms with van der Waals surface area (Å²) < 4.78 is 13.0. The van der Waals surface area contributed by atoms with Crippen molar-refractivity contribution in [2.24, 2.45) is 0 Å². The van der Waals surface area contributed by atoms with Gasteiger partial charge in [0.2, 0.25) is 5.52 Å². The van der Waals surface area contributed by atoms with E-state index in [-0.39, 0.29) is 5.75 Å².